The molecular formula is C29H29NOPY+. The summed E-state index contributed by atoms with van der Waals surface area (Å²) in [6.45, 7) is 6.20. The first-order valence-electron chi connectivity index (χ1n) is 10.9. The molecule has 0 heterocycles. The molecule has 0 saturated carbocycles. The fraction of sp³-hybridized carbons (Fsp3) is 0.138. The third kappa shape index (κ3) is 5.52. The summed E-state index contributed by atoms with van der Waals surface area (Å²) in [6.07, 6.45) is 0.414. The van der Waals surface area contributed by atoms with Crippen LogP contribution in [0.15, 0.2) is 103 Å². The number of amides is 1. The Morgan fingerprint density at radius 2 is 1.03 bits per heavy atom. The van der Waals surface area contributed by atoms with Gasteiger partial charge in [-0.15, -0.1) is 0 Å². The molecule has 33 heavy (non-hydrogen) atoms. The van der Waals surface area contributed by atoms with E-state index >= 15 is 0 Å². The van der Waals surface area contributed by atoms with E-state index in [9.17, 15) is 4.79 Å². The molecule has 0 bridgehead atoms. The van der Waals surface area contributed by atoms with Crippen molar-refractivity contribution in [2.24, 2.45) is 0 Å². The van der Waals surface area contributed by atoms with Crippen LogP contribution in [0.1, 0.15) is 16.7 Å². The fourth-order valence-electron chi connectivity index (χ4n) is 4.54. The van der Waals surface area contributed by atoms with Gasteiger partial charge in [0.25, 0.3) is 5.91 Å². The van der Waals surface area contributed by atoms with Gasteiger partial charge in [-0.25, -0.2) is 0 Å². The van der Waals surface area contributed by atoms with Gasteiger partial charge in [0.05, 0.1) is 0 Å². The predicted molar refractivity (Wildman–Crippen MR) is 139 cm³/mol. The van der Waals surface area contributed by atoms with Crippen molar-refractivity contribution in [3.05, 3.63) is 120 Å². The maximum absolute atomic E-state index is 13.7. The quantitative estimate of drug-likeness (QED) is 0.328. The van der Waals surface area contributed by atoms with Crippen LogP contribution in [0.5, 0.6) is 0 Å². The van der Waals surface area contributed by atoms with Gasteiger partial charge in [0.1, 0.15) is 23.2 Å². The van der Waals surface area contributed by atoms with Crippen LogP contribution in [-0.2, 0) is 37.5 Å². The number of nitrogens with one attached hydrogen (secondary N) is 1. The summed E-state index contributed by atoms with van der Waals surface area (Å²) in [6, 6.07) is 35.8. The van der Waals surface area contributed by atoms with E-state index in [1.54, 1.807) is 0 Å². The Kier molecular flexibility index (Phi) is 8.77. The van der Waals surface area contributed by atoms with Crippen molar-refractivity contribution >= 4 is 34.8 Å². The normalized spacial score (nSPS) is 10.9. The second kappa shape index (κ2) is 11.3. The summed E-state index contributed by atoms with van der Waals surface area (Å²) < 4.78 is 0. The van der Waals surface area contributed by atoms with Crippen molar-refractivity contribution in [1.82, 2.24) is 0 Å². The monoisotopic (exact) mass is 527 g/mol. The number of carbonyl (C=O) groups excluding carboxylic acids is 1. The van der Waals surface area contributed by atoms with Crippen molar-refractivity contribution in [3.63, 3.8) is 0 Å². The summed E-state index contributed by atoms with van der Waals surface area (Å²) in [5.74, 6) is 0.0462. The van der Waals surface area contributed by atoms with E-state index in [2.05, 4.69) is 111 Å². The Morgan fingerprint density at radius 1 is 0.667 bits per heavy atom. The molecule has 0 aromatic heterocycles. The zero-order chi connectivity index (χ0) is 22.6. The maximum atomic E-state index is 13.7. The molecule has 4 rings (SSSR count). The van der Waals surface area contributed by atoms with Crippen LogP contribution in [0.2, 0.25) is 0 Å². The average Bonchev–Trinajstić information content (AvgIpc) is 2.81. The van der Waals surface area contributed by atoms with Crippen molar-refractivity contribution in [2.75, 3.05) is 11.5 Å². The molecule has 0 fully saturated rings. The Hall–Kier alpha value is -2.12. The number of benzene rings is 4. The molecule has 0 spiro atoms. The summed E-state index contributed by atoms with van der Waals surface area (Å²) in [5, 5.41) is 6.90. The first-order chi connectivity index (χ1) is 15.5. The van der Waals surface area contributed by atoms with Gasteiger partial charge >= 0.3 is 0 Å². The molecule has 0 atom stereocenters. The summed E-state index contributed by atoms with van der Waals surface area (Å²) in [4.78, 5) is 13.7. The van der Waals surface area contributed by atoms with Crippen molar-refractivity contribution < 1.29 is 37.5 Å². The molecular weight excluding hydrogens is 498 g/mol. The number of hydrogen-bond acceptors (Lipinski definition) is 1. The summed E-state index contributed by atoms with van der Waals surface area (Å²) in [7, 11) is -2.20. The first-order valence-corrected chi connectivity index (χ1v) is 12.9. The van der Waals surface area contributed by atoms with Gasteiger partial charge in [-0.2, -0.15) is 0 Å². The molecule has 0 saturated heterocycles. The molecule has 0 aliphatic carbocycles. The zero-order valence-corrected chi connectivity index (χ0v) is 23.2. The molecule has 1 amide bonds. The van der Waals surface area contributed by atoms with Crippen molar-refractivity contribution in [1.29, 1.82) is 0 Å². The van der Waals surface area contributed by atoms with Crippen molar-refractivity contribution in [2.45, 2.75) is 20.8 Å². The minimum atomic E-state index is -2.20. The largest absolute Gasteiger partial charge is 0.322 e. The number of carbonyl (C=O) groups is 1. The van der Waals surface area contributed by atoms with Gasteiger partial charge in [-0.3, -0.25) is 4.79 Å². The van der Waals surface area contributed by atoms with E-state index in [0.717, 1.165) is 16.8 Å². The molecule has 1 radical (unpaired) electrons. The molecule has 4 aromatic rings. The van der Waals surface area contributed by atoms with Gasteiger partial charge in [0.2, 0.25) is 0 Å². The van der Waals surface area contributed by atoms with Crippen LogP contribution < -0.4 is 21.2 Å². The zero-order valence-electron chi connectivity index (χ0n) is 19.5. The average molecular weight is 527 g/mol. The van der Waals surface area contributed by atoms with E-state index in [1.165, 1.54) is 21.5 Å². The van der Waals surface area contributed by atoms with Crippen LogP contribution >= 0.6 is 7.26 Å². The van der Waals surface area contributed by atoms with E-state index in [-0.39, 0.29) is 38.6 Å². The summed E-state index contributed by atoms with van der Waals surface area (Å²) >= 11 is 0. The fourth-order valence-corrected chi connectivity index (χ4v) is 8.54. The third-order valence-corrected chi connectivity index (χ3v) is 10.2. The predicted octanol–water partition coefficient (Wildman–Crippen LogP) is 5.54. The third-order valence-electron chi connectivity index (χ3n) is 5.91. The van der Waals surface area contributed by atoms with Gasteiger partial charge in [0, 0.05) is 38.4 Å². The molecule has 0 aliphatic heterocycles. The molecule has 163 valence electrons. The molecule has 4 aromatic carbocycles. The number of anilines is 1. The van der Waals surface area contributed by atoms with E-state index in [1.807, 2.05) is 18.2 Å². The second-order valence-electron chi connectivity index (χ2n) is 8.30. The van der Waals surface area contributed by atoms with Crippen LogP contribution in [0.4, 0.5) is 5.69 Å². The van der Waals surface area contributed by atoms with Crippen LogP contribution in [0, 0.1) is 20.8 Å². The molecule has 1 N–H and O–H groups in total. The van der Waals surface area contributed by atoms with Crippen molar-refractivity contribution in [3.8, 4) is 0 Å². The van der Waals surface area contributed by atoms with E-state index in [0.29, 0.717) is 6.16 Å². The number of aryl methyl sites for hydroxylation is 3. The molecule has 2 nitrogen and oxygen atoms in total. The Labute approximate surface area is 223 Å². The smallest absolute Gasteiger partial charge is 0.263 e. The standard InChI is InChI=1S/C29H28NOP.Y/c1-22-19-23(2)29(24(3)20-22)30-28(31)21-32(25-13-7-4-8-14-25,26-15-9-5-10-16-26)27-17-11-6-12-18-27;/h4-20H,21H2,1-3H3;/p+1. The maximum Gasteiger partial charge on any atom is 0.263 e. The van der Waals surface area contributed by atoms with Crippen LogP contribution in [0.25, 0.3) is 0 Å². The van der Waals surface area contributed by atoms with Crippen LogP contribution in [-0.4, -0.2) is 12.1 Å². The Bertz CT molecular complexity index is 1090. The molecule has 0 unspecified atom stereocenters. The van der Waals surface area contributed by atoms with Gasteiger partial charge in [0.15, 0.2) is 6.16 Å². The number of rotatable bonds is 6. The van der Waals surface area contributed by atoms with Crippen LogP contribution in [0.3, 0.4) is 0 Å². The molecule has 0 aliphatic rings. The second-order valence-corrected chi connectivity index (χ2v) is 11.8. The Balaban J connectivity index is 0.00000306. The first kappa shape index (κ1) is 25.5. The SMILES string of the molecule is Cc1cc(C)c(NC(=O)C[P+](c2ccccc2)(c2ccccc2)c2ccccc2)c(C)c1.[Y]. The summed E-state index contributed by atoms with van der Waals surface area (Å²) in [5.41, 5.74) is 4.32. The van der Waals surface area contributed by atoms with Gasteiger partial charge in [-0.05, 0) is 68.3 Å². The Morgan fingerprint density at radius 3 is 1.39 bits per heavy atom. The van der Waals surface area contributed by atoms with Gasteiger partial charge < -0.3 is 5.32 Å². The molecule has 4 heteroatoms. The number of hydrogen-bond donors (Lipinski definition) is 1. The topological polar surface area (TPSA) is 29.1 Å². The minimum Gasteiger partial charge on any atom is -0.322 e. The minimum absolute atomic E-state index is 0. The van der Waals surface area contributed by atoms with E-state index < -0.39 is 7.26 Å². The van der Waals surface area contributed by atoms with E-state index in [4.69, 9.17) is 0 Å². The van der Waals surface area contributed by atoms with Gasteiger partial charge in [-0.1, -0.05) is 72.3 Å².